The number of amides is 1. The van der Waals surface area contributed by atoms with Crippen molar-refractivity contribution in [3.8, 4) is 0 Å². The maximum Gasteiger partial charge on any atom is 0.253 e. The summed E-state index contributed by atoms with van der Waals surface area (Å²) in [5.41, 5.74) is 4.81. The Morgan fingerprint density at radius 2 is 1.81 bits per heavy atom. The minimum absolute atomic E-state index is 0.369. The molecule has 0 aliphatic rings. The molecule has 0 fully saturated rings. The molecule has 3 rings (SSSR count). The standard InChI is InChI=1S/C21H23N3O2/c1-15-11-16(2)24(23-15)14-18-8-6-7-17(12-18)13-22-21(26)20(25)19-9-4-3-5-10-19/h3-12,20,25H,13-14H2,1-2H3,(H,22,26). The number of hydrogen-bond donors (Lipinski definition) is 2. The minimum atomic E-state index is -1.16. The summed E-state index contributed by atoms with van der Waals surface area (Å²) < 4.78 is 1.96. The highest BCUT2D eigenvalue weighted by Gasteiger charge is 2.16. The van der Waals surface area contributed by atoms with Gasteiger partial charge in [0, 0.05) is 12.2 Å². The van der Waals surface area contributed by atoms with E-state index in [-0.39, 0.29) is 0 Å². The van der Waals surface area contributed by atoms with Crippen molar-refractivity contribution in [3.05, 3.63) is 88.7 Å². The van der Waals surface area contributed by atoms with Crippen LogP contribution in [0.1, 0.15) is 34.2 Å². The van der Waals surface area contributed by atoms with Gasteiger partial charge in [0.15, 0.2) is 6.10 Å². The topological polar surface area (TPSA) is 67.2 Å². The zero-order valence-corrected chi connectivity index (χ0v) is 15.0. The average molecular weight is 349 g/mol. The van der Waals surface area contributed by atoms with Gasteiger partial charge in [0.2, 0.25) is 0 Å². The Morgan fingerprint density at radius 1 is 1.08 bits per heavy atom. The Morgan fingerprint density at radius 3 is 2.50 bits per heavy atom. The number of benzene rings is 2. The van der Waals surface area contributed by atoms with Gasteiger partial charge in [0.25, 0.3) is 5.91 Å². The number of aliphatic hydroxyl groups is 1. The molecule has 1 amide bonds. The summed E-state index contributed by atoms with van der Waals surface area (Å²) in [5.74, 6) is -0.403. The van der Waals surface area contributed by atoms with Crippen LogP contribution in [0.3, 0.4) is 0 Å². The second-order valence-electron chi connectivity index (χ2n) is 6.44. The van der Waals surface area contributed by atoms with E-state index in [0.29, 0.717) is 18.7 Å². The van der Waals surface area contributed by atoms with Crippen LogP contribution in [-0.2, 0) is 17.9 Å². The molecule has 2 N–H and O–H groups in total. The Hall–Kier alpha value is -2.92. The number of nitrogens with zero attached hydrogens (tertiary/aromatic N) is 2. The van der Waals surface area contributed by atoms with Crippen LogP contribution in [0.2, 0.25) is 0 Å². The molecule has 5 heteroatoms. The maximum atomic E-state index is 12.2. The summed E-state index contributed by atoms with van der Waals surface area (Å²) in [4.78, 5) is 12.2. The van der Waals surface area contributed by atoms with Crippen LogP contribution in [-0.4, -0.2) is 20.8 Å². The van der Waals surface area contributed by atoms with Crippen LogP contribution in [0.4, 0.5) is 0 Å². The van der Waals surface area contributed by atoms with Gasteiger partial charge < -0.3 is 10.4 Å². The molecule has 0 aliphatic heterocycles. The molecule has 26 heavy (non-hydrogen) atoms. The third-order valence-corrected chi connectivity index (χ3v) is 4.26. The molecule has 0 aliphatic carbocycles. The fourth-order valence-corrected chi connectivity index (χ4v) is 2.92. The van der Waals surface area contributed by atoms with Crippen molar-refractivity contribution in [2.75, 3.05) is 0 Å². The van der Waals surface area contributed by atoms with Crippen LogP contribution in [0, 0.1) is 13.8 Å². The van der Waals surface area contributed by atoms with Gasteiger partial charge in [-0.25, -0.2) is 0 Å². The van der Waals surface area contributed by atoms with Gasteiger partial charge in [0.1, 0.15) is 0 Å². The molecule has 1 heterocycles. The normalized spacial score (nSPS) is 12.0. The molecule has 0 saturated carbocycles. The predicted molar refractivity (Wildman–Crippen MR) is 100 cm³/mol. The van der Waals surface area contributed by atoms with E-state index >= 15 is 0 Å². The first-order chi connectivity index (χ1) is 12.5. The van der Waals surface area contributed by atoms with Crippen LogP contribution < -0.4 is 5.32 Å². The number of carbonyl (C=O) groups is 1. The third-order valence-electron chi connectivity index (χ3n) is 4.26. The molecular formula is C21H23N3O2. The largest absolute Gasteiger partial charge is 0.378 e. The fourth-order valence-electron chi connectivity index (χ4n) is 2.92. The van der Waals surface area contributed by atoms with Crippen molar-refractivity contribution < 1.29 is 9.90 Å². The predicted octanol–water partition coefficient (Wildman–Crippen LogP) is 2.90. The lowest BCUT2D eigenvalue weighted by Gasteiger charge is -2.12. The summed E-state index contributed by atoms with van der Waals surface area (Å²) in [5, 5.41) is 17.4. The van der Waals surface area contributed by atoms with Gasteiger partial charge >= 0.3 is 0 Å². The molecule has 1 atom stereocenters. The molecule has 1 aromatic heterocycles. The van der Waals surface area contributed by atoms with Crippen LogP contribution in [0.5, 0.6) is 0 Å². The van der Waals surface area contributed by atoms with E-state index in [2.05, 4.69) is 16.5 Å². The molecule has 0 bridgehead atoms. The minimum Gasteiger partial charge on any atom is -0.378 e. The summed E-state index contributed by atoms with van der Waals surface area (Å²) in [6.45, 7) is 5.07. The van der Waals surface area contributed by atoms with E-state index in [4.69, 9.17) is 0 Å². The average Bonchev–Trinajstić information content (AvgIpc) is 2.97. The number of hydrogen-bond acceptors (Lipinski definition) is 3. The Balaban J connectivity index is 1.62. The molecule has 134 valence electrons. The smallest absolute Gasteiger partial charge is 0.253 e. The fraction of sp³-hybridized carbons (Fsp3) is 0.238. The molecule has 0 radical (unpaired) electrons. The van der Waals surface area contributed by atoms with Crippen molar-refractivity contribution in [1.29, 1.82) is 0 Å². The first-order valence-corrected chi connectivity index (χ1v) is 8.62. The van der Waals surface area contributed by atoms with Crippen LogP contribution >= 0.6 is 0 Å². The lowest BCUT2D eigenvalue weighted by atomic mass is 10.1. The van der Waals surface area contributed by atoms with E-state index in [0.717, 1.165) is 22.5 Å². The summed E-state index contributed by atoms with van der Waals surface area (Å²) in [6, 6.07) is 19.0. The Labute approximate surface area is 153 Å². The number of aromatic nitrogens is 2. The van der Waals surface area contributed by atoms with Crippen molar-refractivity contribution in [2.24, 2.45) is 0 Å². The zero-order valence-electron chi connectivity index (χ0n) is 15.0. The highest BCUT2D eigenvalue weighted by Crippen LogP contribution is 2.13. The molecule has 5 nitrogen and oxygen atoms in total. The summed E-state index contributed by atoms with van der Waals surface area (Å²) in [7, 11) is 0. The van der Waals surface area contributed by atoms with Gasteiger partial charge in [-0.05, 0) is 36.6 Å². The molecule has 3 aromatic rings. The van der Waals surface area contributed by atoms with Gasteiger partial charge in [0.05, 0.1) is 12.2 Å². The molecule has 0 spiro atoms. The number of rotatable bonds is 6. The number of carbonyl (C=O) groups excluding carboxylic acids is 1. The number of aryl methyl sites for hydroxylation is 2. The second-order valence-corrected chi connectivity index (χ2v) is 6.44. The molecule has 2 aromatic carbocycles. The molecule has 0 saturated heterocycles. The molecule has 1 unspecified atom stereocenters. The Bertz CT molecular complexity index is 887. The Kier molecular flexibility index (Phi) is 5.49. The van der Waals surface area contributed by atoms with E-state index < -0.39 is 12.0 Å². The van der Waals surface area contributed by atoms with E-state index in [1.165, 1.54) is 0 Å². The van der Waals surface area contributed by atoms with E-state index in [1.807, 2.05) is 48.9 Å². The highest BCUT2D eigenvalue weighted by molar-refractivity contribution is 5.81. The van der Waals surface area contributed by atoms with Crippen molar-refractivity contribution in [1.82, 2.24) is 15.1 Å². The summed E-state index contributed by atoms with van der Waals surface area (Å²) in [6.07, 6.45) is -1.16. The van der Waals surface area contributed by atoms with E-state index in [9.17, 15) is 9.90 Å². The van der Waals surface area contributed by atoms with Crippen molar-refractivity contribution in [3.63, 3.8) is 0 Å². The lowest BCUT2D eigenvalue weighted by Crippen LogP contribution is -2.28. The number of nitrogens with one attached hydrogen (secondary N) is 1. The monoisotopic (exact) mass is 349 g/mol. The first-order valence-electron chi connectivity index (χ1n) is 8.62. The summed E-state index contributed by atoms with van der Waals surface area (Å²) >= 11 is 0. The van der Waals surface area contributed by atoms with Crippen molar-refractivity contribution in [2.45, 2.75) is 33.0 Å². The lowest BCUT2D eigenvalue weighted by molar-refractivity contribution is -0.129. The van der Waals surface area contributed by atoms with Gasteiger partial charge in [-0.15, -0.1) is 0 Å². The van der Waals surface area contributed by atoms with Gasteiger partial charge in [-0.2, -0.15) is 5.10 Å². The highest BCUT2D eigenvalue weighted by atomic mass is 16.3. The van der Waals surface area contributed by atoms with E-state index in [1.54, 1.807) is 24.3 Å². The van der Waals surface area contributed by atoms with Crippen LogP contribution in [0.25, 0.3) is 0 Å². The van der Waals surface area contributed by atoms with Crippen molar-refractivity contribution >= 4 is 5.91 Å². The number of aliphatic hydroxyl groups excluding tert-OH is 1. The van der Waals surface area contributed by atoms with Crippen LogP contribution in [0.15, 0.2) is 60.7 Å². The van der Waals surface area contributed by atoms with Gasteiger partial charge in [-0.1, -0.05) is 54.6 Å². The quantitative estimate of drug-likeness (QED) is 0.719. The second kappa shape index (κ2) is 7.97. The SMILES string of the molecule is Cc1cc(C)n(Cc2cccc(CNC(=O)C(O)c3ccccc3)c2)n1. The zero-order chi connectivity index (χ0) is 18.5. The first kappa shape index (κ1) is 17.9. The third kappa shape index (κ3) is 4.37. The maximum absolute atomic E-state index is 12.2. The van der Waals surface area contributed by atoms with Gasteiger partial charge in [-0.3, -0.25) is 9.48 Å². The molecular weight excluding hydrogens is 326 g/mol.